The lowest BCUT2D eigenvalue weighted by Gasteiger charge is -2.23. The highest BCUT2D eigenvalue weighted by atomic mass is 16.2. The maximum atomic E-state index is 12.0. The van der Waals surface area contributed by atoms with Crippen LogP contribution in [0.3, 0.4) is 0 Å². The highest BCUT2D eigenvalue weighted by Crippen LogP contribution is 2.30. The van der Waals surface area contributed by atoms with Crippen LogP contribution in [0.1, 0.15) is 39.6 Å². The minimum absolute atomic E-state index is 0.0355. The number of nitrogens with zero attached hydrogens (tertiary/aromatic N) is 2. The number of amides is 1. The summed E-state index contributed by atoms with van der Waals surface area (Å²) in [7, 11) is 1.65. The predicted octanol–water partition coefficient (Wildman–Crippen LogP) is 2.22. The van der Waals surface area contributed by atoms with E-state index in [9.17, 15) is 4.79 Å². The molecule has 0 aliphatic rings. The van der Waals surface area contributed by atoms with Crippen molar-refractivity contribution in [3.05, 3.63) is 24.0 Å². The van der Waals surface area contributed by atoms with Crippen molar-refractivity contribution in [2.45, 2.75) is 39.2 Å². The van der Waals surface area contributed by atoms with Gasteiger partial charge in [-0.3, -0.25) is 4.79 Å². The fourth-order valence-corrected chi connectivity index (χ4v) is 2.36. The SMILES string of the molecule is CNC(=O)C(C)n1c(C(C)(C)C)nc2cc(N)ccc21. The van der Waals surface area contributed by atoms with Crippen LogP contribution in [0.5, 0.6) is 0 Å². The van der Waals surface area contributed by atoms with Crippen molar-refractivity contribution in [1.29, 1.82) is 0 Å². The zero-order valence-electron chi connectivity index (χ0n) is 12.7. The number of nitrogen functional groups attached to an aromatic ring is 1. The van der Waals surface area contributed by atoms with Gasteiger partial charge in [0.25, 0.3) is 0 Å². The smallest absolute Gasteiger partial charge is 0.242 e. The number of aromatic nitrogens is 2. The van der Waals surface area contributed by atoms with E-state index in [1.54, 1.807) is 7.05 Å². The van der Waals surface area contributed by atoms with Gasteiger partial charge in [0.1, 0.15) is 11.9 Å². The zero-order valence-corrected chi connectivity index (χ0v) is 12.7. The number of rotatable bonds is 2. The molecule has 5 heteroatoms. The van der Waals surface area contributed by atoms with Crippen LogP contribution in [0.4, 0.5) is 5.69 Å². The highest BCUT2D eigenvalue weighted by Gasteiger charge is 2.27. The fraction of sp³-hybridized carbons (Fsp3) is 0.467. The molecule has 108 valence electrons. The van der Waals surface area contributed by atoms with Crippen LogP contribution in [0.15, 0.2) is 18.2 Å². The topological polar surface area (TPSA) is 72.9 Å². The molecule has 0 aliphatic carbocycles. The quantitative estimate of drug-likeness (QED) is 0.825. The number of likely N-dealkylation sites (N-methyl/N-ethyl adjacent to an activating group) is 1. The number of nitrogens with one attached hydrogen (secondary N) is 1. The molecule has 20 heavy (non-hydrogen) atoms. The van der Waals surface area contributed by atoms with E-state index in [-0.39, 0.29) is 17.4 Å². The Hall–Kier alpha value is -2.04. The van der Waals surface area contributed by atoms with Crippen molar-refractivity contribution in [3.63, 3.8) is 0 Å². The number of fused-ring (bicyclic) bond motifs is 1. The fourth-order valence-electron chi connectivity index (χ4n) is 2.36. The number of benzene rings is 1. The first-order valence-corrected chi connectivity index (χ1v) is 6.75. The second-order valence-corrected chi connectivity index (χ2v) is 6.09. The molecule has 5 nitrogen and oxygen atoms in total. The second kappa shape index (κ2) is 4.81. The maximum absolute atomic E-state index is 12.0. The minimum Gasteiger partial charge on any atom is -0.399 e. The molecular formula is C15H22N4O. The molecule has 0 saturated carbocycles. The van der Waals surface area contributed by atoms with Gasteiger partial charge in [-0.25, -0.2) is 4.98 Å². The molecule has 0 bridgehead atoms. The molecule has 1 aromatic carbocycles. The Balaban J connectivity index is 2.74. The van der Waals surface area contributed by atoms with E-state index in [4.69, 9.17) is 5.73 Å². The Morgan fingerprint density at radius 1 is 1.40 bits per heavy atom. The van der Waals surface area contributed by atoms with Crippen LogP contribution in [-0.4, -0.2) is 22.5 Å². The molecule has 1 heterocycles. The van der Waals surface area contributed by atoms with E-state index in [0.29, 0.717) is 5.69 Å². The summed E-state index contributed by atoms with van der Waals surface area (Å²) in [5, 5.41) is 2.70. The summed E-state index contributed by atoms with van der Waals surface area (Å²) in [5.74, 6) is 0.848. The third-order valence-electron chi connectivity index (χ3n) is 3.40. The molecule has 1 unspecified atom stereocenters. The van der Waals surface area contributed by atoms with E-state index < -0.39 is 0 Å². The molecule has 1 atom stereocenters. The van der Waals surface area contributed by atoms with Gasteiger partial charge in [-0.1, -0.05) is 20.8 Å². The largest absolute Gasteiger partial charge is 0.399 e. The van der Waals surface area contributed by atoms with Gasteiger partial charge in [-0.15, -0.1) is 0 Å². The van der Waals surface area contributed by atoms with Crippen LogP contribution in [0, 0.1) is 0 Å². The van der Waals surface area contributed by atoms with Crippen LogP contribution in [0.25, 0.3) is 11.0 Å². The normalized spacial score (nSPS) is 13.4. The van der Waals surface area contributed by atoms with E-state index in [1.807, 2.05) is 29.7 Å². The molecule has 2 rings (SSSR count). The Morgan fingerprint density at radius 3 is 2.60 bits per heavy atom. The van der Waals surface area contributed by atoms with Gasteiger partial charge in [0, 0.05) is 18.2 Å². The number of carbonyl (C=O) groups excluding carboxylic acids is 1. The maximum Gasteiger partial charge on any atom is 0.242 e. The van der Waals surface area contributed by atoms with Gasteiger partial charge in [0.05, 0.1) is 11.0 Å². The summed E-state index contributed by atoms with van der Waals surface area (Å²) in [6, 6.07) is 5.29. The molecule has 1 aromatic heterocycles. The van der Waals surface area contributed by atoms with Gasteiger partial charge in [0.15, 0.2) is 0 Å². The first kappa shape index (κ1) is 14.4. The van der Waals surface area contributed by atoms with E-state index in [0.717, 1.165) is 16.9 Å². The number of carbonyl (C=O) groups is 1. The zero-order chi connectivity index (χ0) is 15.1. The molecule has 2 aromatic rings. The molecular weight excluding hydrogens is 252 g/mol. The van der Waals surface area contributed by atoms with Gasteiger partial charge >= 0.3 is 0 Å². The van der Waals surface area contributed by atoms with Gasteiger partial charge in [0.2, 0.25) is 5.91 Å². The monoisotopic (exact) mass is 274 g/mol. The molecule has 0 fully saturated rings. The Bertz CT molecular complexity index is 652. The van der Waals surface area contributed by atoms with Crippen molar-refractivity contribution < 1.29 is 4.79 Å². The van der Waals surface area contributed by atoms with Crippen molar-refractivity contribution in [1.82, 2.24) is 14.9 Å². The second-order valence-electron chi connectivity index (χ2n) is 6.09. The van der Waals surface area contributed by atoms with E-state index >= 15 is 0 Å². The minimum atomic E-state index is -0.317. The van der Waals surface area contributed by atoms with Crippen molar-refractivity contribution in [2.75, 3.05) is 12.8 Å². The summed E-state index contributed by atoms with van der Waals surface area (Å²) in [4.78, 5) is 16.7. The first-order chi connectivity index (χ1) is 9.25. The van der Waals surface area contributed by atoms with Gasteiger partial charge in [-0.2, -0.15) is 0 Å². The van der Waals surface area contributed by atoms with Gasteiger partial charge < -0.3 is 15.6 Å². The molecule has 0 radical (unpaired) electrons. The molecule has 0 aliphatic heterocycles. The van der Waals surface area contributed by atoms with Crippen LogP contribution in [-0.2, 0) is 10.2 Å². The number of imidazole rings is 1. The Kier molecular flexibility index (Phi) is 3.46. The third kappa shape index (κ3) is 2.35. The van der Waals surface area contributed by atoms with E-state index in [1.165, 1.54) is 0 Å². The lowest BCUT2D eigenvalue weighted by atomic mass is 9.95. The lowest BCUT2D eigenvalue weighted by Crippen LogP contribution is -2.31. The highest BCUT2D eigenvalue weighted by molar-refractivity contribution is 5.85. The standard InChI is InChI=1S/C15H22N4O/c1-9(13(20)17-5)19-12-7-6-10(16)8-11(12)18-14(19)15(2,3)4/h6-9H,16H2,1-5H3,(H,17,20). The summed E-state index contributed by atoms with van der Waals surface area (Å²) in [6.45, 7) is 8.14. The van der Waals surface area contributed by atoms with Crippen molar-refractivity contribution in [3.8, 4) is 0 Å². The average Bonchev–Trinajstić information content (AvgIpc) is 2.75. The van der Waals surface area contributed by atoms with Crippen LogP contribution < -0.4 is 11.1 Å². The molecule has 1 amide bonds. The lowest BCUT2D eigenvalue weighted by molar-refractivity contribution is -0.123. The summed E-state index contributed by atoms with van der Waals surface area (Å²) in [6.07, 6.45) is 0. The first-order valence-electron chi connectivity index (χ1n) is 6.75. The predicted molar refractivity (Wildman–Crippen MR) is 81.6 cm³/mol. The van der Waals surface area contributed by atoms with Crippen molar-refractivity contribution in [2.24, 2.45) is 0 Å². The summed E-state index contributed by atoms with van der Waals surface area (Å²) < 4.78 is 1.99. The van der Waals surface area contributed by atoms with Crippen LogP contribution >= 0.6 is 0 Å². The third-order valence-corrected chi connectivity index (χ3v) is 3.40. The van der Waals surface area contributed by atoms with Crippen LogP contribution in [0.2, 0.25) is 0 Å². The summed E-state index contributed by atoms with van der Waals surface area (Å²) in [5.41, 5.74) is 8.10. The summed E-state index contributed by atoms with van der Waals surface area (Å²) >= 11 is 0. The number of hydrogen-bond donors (Lipinski definition) is 2. The number of anilines is 1. The number of hydrogen-bond acceptors (Lipinski definition) is 3. The van der Waals surface area contributed by atoms with E-state index in [2.05, 4.69) is 31.1 Å². The van der Waals surface area contributed by atoms with Gasteiger partial charge in [-0.05, 0) is 25.1 Å². The average molecular weight is 274 g/mol. The van der Waals surface area contributed by atoms with Crippen molar-refractivity contribution >= 4 is 22.6 Å². The Labute approximate surface area is 119 Å². The number of nitrogens with two attached hydrogens (primary N) is 1. The molecule has 3 N–H and O–H groups in total. The Morgan fingerprint density at radius 2 is 2.05 bits per heavy atom. The molecule has 0 spiro atoms. The molecule has 0 saturated heterocycles.